The number of amides is 1. The van der Waals surface area contributed by atoms with Crippen LogP contribution in [0.2, 0.25) is 0 Å². The van der Waals surface area contributed by atoms with E-state index in [1.54, 1.807) is 0 Å². The molecule has 0 spiro atoms. The topological polar surface area (TPSA) is 53.7 Å². The van der Waals surface area contributed by atoms with Crippen molar-refractivity contribution in [2.24, 2.45) is 29.8 Å². The van der Waals surface area contributed by atoms with E-state index in [2.05, 4.69) is 23.4 Å². The van der Waals surface area contributed by atoms with Crippen LogP contribution in [0.1, 0.15) is 74.6 Å². The fourth-order valence-corrected chi connectivity index (χ4v) is 7.28. The lowest BCUT2D eigenvalue weighted by molar-refractivity contribution is 0.0827. The summed E-state index contributed by atoms with van der Waals surface area (Å²) >= 11 is 0. The number of fused-ring (bicyclic) bond motifs is 3. The Kier molecular flexibility index (Phi) is 3.55. The highest BCUT2D eigenvalue weighted by Gasteiger charge is 2.60. The Morgan fingerprint density at radius 1 is 1.18 bits per heavy atom. The third kappa shape index (κ3) is 2.07. The second-order valence-electron chi connectivity index (χ2n) is 9.86. The molecule has 4 saturated carbocycles. The molecule has 4 aliphatic carbocycles. The Morgan fingerprint density at radius 3 is 2.71 bits per heavy atom. The van der Waals surface area contributed by atoms with Crippen molar-refractivity contribution >= 4 is 17.7 Å². The van der Waals surface area contributed by atoms with Crippen LogP contribution in [0.25, 0.3) is 0 Å². The van der Waals surface area contributed by atoms with Crippen LogP contribution in [-0.2, 0) is 12.5 Å². The van der Waals surface area contributed by atoms with E-state index in [1.165, 1.54) is 37.9 Å². The Labute approximate surface area is 167 Å². The molecule has 28 heavy (non-hydrogen) atoms. The van der Waals surface area contributed by atoms with Crippen molar-refractivity contribution in [1.29, 1.82) is 0 Å². The Balaban J connectivity index is 1.47. The predicted octanol–water partition coefficient (Wildman–Crippen LogP) is 3.32. The third-order valence-electron chi connectivity index (χ3n) is 8.23. The van der Waals surface area contributed by atoms with Crippen LogP contribution in [-0.4, -0.2) is 46.0 Å². The van der Waals surface area contributed by atoms with Crippen LogP contribution in [0, 0.1) is 17.8 Å². The van der Waals surface area contributed by atoms with E-state index in [9.17, 15) is 4.79 Å². The summed E-state index contributed by atoms with van der Waals surface area (Å²) in [6.45, 7) is 4.65. The van der Waals surface area contributed by atoms with Crippen LogP contribution >= 0.6 is 0 Å². The van der Waals surface area contributed by atoms with E-state index in [0.717, 1.165) is 74.1 Å². The number of unbranched alkanes of at least 4 members (excludes halogenated alkanes) is 1. The number of nitrogens with zero attached hydrogens (tertiary/aromatic N) is 5. The summed E-state index contributed by atoms with van der Waals surface area (Å²) in [5.41, 5.74) is 1.02. The highest BCUT2D eigenvalue weighted by atomic mass is 16.2. The van der Waals surface area contributed by atoms with Crippen LogP contribution in [0.4, 0.5) is 5.82 Å². The van der Waals surface area contributed by atoms with Crippen molar-refractivity contribution in [2.45, 2.75) is 63.7 Å². The van der Waals surface area contributed by atoms with E-state index in [0.29, 0.717) is 0 Å². The fourth-order valence-electron chi connectivity index (χ4n) is 7.28. The molecule has 4 bridgehead atoms. The number of aliphatic imine (C=N–C) groups is 1. The molecule has 2 aliphatic heterocycles. The monoisotopic (exact) mass is 381 g/mol. The zero-order chi connectivity index (χ0) is 19.0. The van der Waals surface area contributed by atoms with Crippen molar-refractivity contribution in [1.82, 2.24) is 14.5 Å². The summed E-state index contributed by atoms with van der Waals surface area (Å²) in [6.07, 6.45) is 9.86. The van der Waals surface area contributed by atoms with Crippen LogP contribution in [0.15, 0.2) is 4.99 Å². The molecule has 2 unspecified atom stereocenters. The minimum atomic E-state index is 0.107. The minimum Gasteiger partial charge on any atom is -0.325 e. The molecular weight excluding hydrogens is 350 g/mol. The molecule has 4 fully saturated rings. The maximum absolute atomic E-state index is 13.5. The molecule has 7 rings (SSSR count). The van der Waals surface area contributed by atoms with Gasteiger partial charge in [-0.3, -0.25) is 19.6 Å². The van der Waals surface area contributed by atoms with Gasteiger partial charge in [0.2, 0.25) is 5.96 Å². The van der Waals surface area contributed by atoms with E-state index in [1.807, 2.05) is 4.90 Å². The number of hydrogen-bond acceptors (Lipinski definition) is 4. The summed E-state index contributed by atoms with van der Waals surface area (Å²) in [7, 11) is 2.09. The zero-order valence-electron chi connectivity index (χ0n) is 17.2. The van der Waals surface area contributed by atoms with Crippen LogP contribution in [0.3, 0.4) is 0 Å². The summed E-state index contributed by atoms with van der Waals surface area (Å²) in [5.74, 6) is 5.58. The first kappa shape index (κ1) is 17.0. The molecule has 0 saturated heterocycles. The predicted molar refractivity (Wildman–Crippen MR) is 109 cm³/mol. The van der Waals surface area contributed by atoms with E-state index >= 15 is 0 Å². The average Bonchev–Trinajstić information content (AvgIpc) is 3.26. The molecule has 0 N–H and O–H groups in total. The molecule has 1 amide bonds. The number of aromatic nitrogens is 2. The van der Waals surface area contributed by atoms with Crippen LogP contribution in [0.5, 0.6) is 0 Å². The second-order valence-corrected chi connectivity index (χ2v) is 9.86. The Bertz CT molecular complexity index is 857. The van der Waals surface area contributed by atoms with Gasteiger partial charge in [-0.1, -0.05) is 13.3 Å². The highest BCUT2D eigenvalue weighted by Crippen LogP contribution is 2.66. The first-order chi connectivity index (χ1) is 13.6. The van der Waals surface area contributed by atoms with Gasteiger partial charge in [-0.05, 0) is 62.7 Å². The van der Waals surface area contributed by atoms with Crippen molar-refractivity contribution in [2.75, 3.05) is 24.5 Å². The molecule has 1 aromatic heterocycles. The number of guanidine groups is 1. The summed E-state index contributed by atoms with van der Waals surface area (Å²) in [5, 5.41) is 0. The molecule has 6 aliphatic rings. The molecule has 0 aromatic carbocycles. The maximum atomic E-state index is 13.5. The number of hydrogen-bond donors (Lipinski definition) is 0. The van der Waals surface area contributed by atoms with Crippen molar-refractivity contribution in [3.05, 3.63) is 11.5 Å². The van der Waals surface area contributed by atoms with Gasteiger partial charge in [-0.2, -0.15) is 0 Å². The highest BCUT2D eigenvalue weighted by molar-refractivity contribution is 6.17. The van der Waals surface area contributed by atoms with Crippen molar-refractivity contribution in [3.8, 4) is 0 Å². The molecule has 6 nitrogen and oxygen atoms in total. The lowest BCUT2D eigenvalue weighted by Crippen LogP contribution is -2.54. The number of carbonyl (C=O) groups excluding carboxylic acids is 1. The molecule has 6 heteroatoms. The quantitative estimate of drug-likeness (QED) is 0.804. The normalized spacial score (nSPS) is 35.4. The number of anilines is 1. The van der Waals surface area contributed by atoms with Gasteiger partial charge >= 0.3 is 0 Å². The first-order valence-electron chi connectivity index (χ1n) is 11.3. The second kappa shape index (κ2) is 5.83. The first-order valence-corrected chi connectivity index (χ1v) is 11.3. The maximum Gasteiger partial charge on any atom is 0.281 e. The van der Waals surface area contributed by atoms with Crippen molar-refractivity contribution in [3.63, 3.8) is 0 Å². The number of rotatable bonds is 4. The fraction of sp³-hybridized carbons (Fsp3) is 0.773. The van der Waals surface area contributed by atoms with Gasteiger partial charge in [0.05, 0.1) is 0 Å². The standard InChI is InChI=1S/C22H31N5O/c1-3-4-7-27-19(28)17-18(26-8-5-6-23-21(26)27)24-20(25(17)2)22-12-14-9-15(13-22)11-16(22)10-14/h14-16H,3-13H2,1-2H3. The molecule has 150 valence electrons. The van der Waals surface area contributed by atoms with E-state index < -0.39 is 0 Å². The van der Waals surface area contributed by atoms with Crippen LogP contribution < -0.4 is 4.90 Å². The molecular formula is C22H31N5O. The van der Waals surface area contributed by atoms with Gasteiger partial charge in [-0.25, -0.2) is 4.98 Å². The Morgan fingerprint density at radius 2 is 1.96 bits per heavy atom. The van der Waals surface area contributed by atoms with Gasteiger partial charge in [0, 0.05) is 32.1 Å². The zero-order valence-corrected chi connectivity index (χ0v) is 17.2. The lowest BCUT2D eigenvalue weighted by atomic mass is 9.75. The smallest absolute Gasteiger partial charge is 0.281 e. The lowest BCUT2D eigenvalue weighted by Gasteiger charge is -2.38. The summed E-state index contributed by atoms with van der Waals surface area (Å²) in [4.78, 5) is 27.7. The van der Waals surface area contributed by atoms with E-state index in [-0.39, 0.29) is 11.3 Å². The van der Waals surface area contributed by atoms with Gasteiger partial charge in [-0.15, -0.1) is 0 Å². The largest absolute Gasteiger partial charge is 0.325 e. The summed E-state index contributed by atoms with van der Waals surface area (Å²) in [6, 6.07) is 0. The molecule has 0 radical (unpaired) electrons. The van der Waals surface area contributed by atoms with Gasteiger partial charge < -0.3 is 4.57 Å². The van der Waals surface area contributed by atoms with Gasteiger partial charge in [0.25, 0.3) is 5.91 Å². The molecule has 2 atom stereocenters. The van der Waals surface area contributed by atoms with Crippen molar-refractivity contribution < 1.29 is 4.79 Å². The Hall–Kier alpha value is -1.85. The van der Waals surface area contributed by atoms with Gasteiger partial charge in [0.15, 0.2) is 11.5 Å². The average molecular weight is 382 g/mol. The van der Waals surface area contributed by atoms with Gasteiger partial charge in [0.1, 0.15) is 5.82 Å². The number of carbonyl (C=O) groups is 1. The minimum absolute atomic E-state index is 0.107. The SMILES string of the molecule is CCCCN1C(=O)c2c(nc(C34CC5CC(CC3C5)C4)n2C)N2CCCN=C12. The molecule has 1 aromatic rings. The van der Waals surface area contributed by atoms with E-state index in [4.69, 9.17) is 9.98 Å². The third-order valence-corrected chi connectivity index (χ3v) is 8.23. The number of imidazole rings is 1. The molecule has 3 heterocycles. The summed E-state index contributed by atoms with van der Waals surface area (Å²) < 4.78 is 2.19.